The first kappa shape index (κ1) is 34.6. The van der Waals surface area contributed by atoms with Gasteiger partial charge >= 0.3 is 5.97 Å². The van der Waals surface area contributed by atoms with E-state index in [1.54, 1.807) is 11.3 Å². The van der Waals surface area contributed by atoms with Crippen LogP contribution < -0.4 is 10.4 Å². The predicted octanol–water partition coefficient (Wildman–Crippen LogP) is 7.33. The van der Waals surface area contributed by atoms with Gasteiger partial charge in [0.2, 0.25) is 0 Å². The van der Waals surface area contributed by atoms with Gasteiger partial charge in [0, 0.05) is 24.7 Å². The Morgan fingerprint density at radius 1 is 1.00 bits per heavy atom. The Bertz CT molecular complexity index is 1620. The molecule has 0 unspecified atom stereocenters. The number of thiazole rings is 1. The lowest BCUT2D eigenvalue weighted by Crippen LogP contribution is -2.66. The van der Waals surface area contributed by atoms with Gasteiger partial charge in [-0.15, -0.1) is 11.3 Å². The molecule has 1 aliphatic rings. The van der Waals surface area contributed by atoms with E-state index in [-0.39, 0.29) is 29.1 Å². The van der Waals surface area contributed by atoms with Crippen molar-refractivity contribution >= 4 is 52.0 Å². The van der Waals surface area contributed by atoms with Gasteiger partial charge in [0.25, 0.3) is 8.32 Å². The lowest BCUT2D eigenvalue weighted by Gasteiger charge is -2.44. The second-order valence-electron chi connectivity index (χ2n) is 13.2. The van der Waals surface area contributed by atoms with Crippen molar-refractivity contribution in [2.75, 3.05) is 7.11 Å². The molecule has 0 spiro atoms. The summed E-state index contributed by atoms with van der Waals surface area (Å²) >= 11 is 1.61. The Balaban J connectivity index is 1.52. The maximum atomic E-state index is 13.3. The Hall–Kier alpha value is -3.69. The number of rotatable bonds is 13. The van der Waals surface area contributed by atoms with E-state index in [1.165, 1.54) is 17.5 Å². The third-order valence-corrected chi connectivity index (χ3v) is 15.2. The number of aliphatic hydroxyl groups excluding tert-OH is 1. The average molecular weight is 668 g/mol. The van der Waals surface area contributed by atoms with Crippen LogP contribution in [0.2, 0.25) is 5.04 Å². The van der Waals surface area contributed by atoms with Crippen molar-refractivity contribution in [2.45, 2.75) is 70.1 Å². The van der Waals surface area contributed by atoms with Crippen LogP contribution in [0.4, 0.5) is 0 Å². The average Bonchev–Trinajstić information content (AvgIpc) is 3.62. The van der Waals surface area contributed by atoms with Crippen LogP contribution in [0.1, 0.15) is 64.0 Å². The normalized spacial score (nSPS) is 19.6. The number of aliphatic hydroxyl groups is 1. The fraction of sp³-hybridized carbons (Fsp3) is 0.359. The first-order chi connectivity index (χ1) is 22.6. The number of methoxy groups -OCH3 is 1. The Labute approximate surface area is 283 Å². The number of esters is 1. The number of allylic oxidation sites excluding steroid dienone is 3. The zero-order chi connectivity index (χ0) is 33.4. The van der Waals surface area contributed by atoms with E-state index in [1.807, 2.05) is 54.6 Å². The summed E-state index contributed by atoms with van der Waals surface area (Å²) in [6.07, 6.45) is 9.31. The number of ketones is 1. The molecule has 4 aromatic rings. The van der Waals surface area contributed by atoms with Crippen molar-refractivity contribution in [1.29, 1.82) is 0 Å². The first-order valence-electron chi connectivity index (χ1n) is 16.4. The Morgan fingerprint density at radius 3 is 2.26 bits per heavy atom. The van der Waals surface area contributed by atoms with E-state index in [9.17, 15) is 14.7 Å². The van der Waals surface area contributed by atoms with Gasteiger partial charge in [-0.3, -0.25) is 9.59 Å². The molecule has 1 N–H and O–H groups in total. The van der Waals surface area contributed by atoms with Gasteiger partial charge < -0.3 is 14.3 Å². The van der Waals surface area contributed by atoms with Crippen molar-refractivity contribution in [2.24, 2.45) is 11.8 Å². The molecule has 1 heterocycles. The molecule has 1 aliphatic carbocycles. The molecule has 0 bridgehead atoms. The molecule has 0 saturated heterocycles. The van der Waals surface area contributed by atoms with Gasteiger partial charge in [-0.05, 0) is 46.8 Å². The largest absolute Gasteiger partial charge is 0.469 e. The summed E-state index contributed by atoms with van der Waals surface area (Å²) in [5, 5.41) is 13.8. The highest BCUT2D eigenvalue weighted by Crippen LogP contribution is 2.42. The number of benzene rings is 3. The van der Waals surface area contributed by atoms with Crippen molar-refractivity contribution in [3.63, 3.8) is 0 Å². The molecule has 4 atom stereocenters. The van der Waals surface area contributed by atoms with E-state index in [2.05, 4.69) is 75.4 Å². The lowest BCUT2D eigenvalue weighted by atomic mass is 9.90. The molecule has 8 heteroatoms. The molecule has 0 radical (unpaired) electrons. The SMILES string of the molecule is COC(=O)CCCC=CC[C@H]1[C@@H](O)CC(=O)[C@@H]1C=C[C@@H](O[Si](c1ccccc1)(c1ccccc1)C(C)(C)C)c1nc2ccccc2s1. The lowest BCUT2D eigenvalue weighted by molar-refractivity contribution is -0.140. The molecule has 0 aliphatic heterocycles. The minimum absolute atomic E-state index is 0.0336. The second-order valence-corrected chi connectivity index (χ2v) is 18.5. The zero-order valence-electron chi connectivity index (χ0n) is 27.7. The Morgan fingerprint density at radius 2 is 1.64 bits per heavy atom. The zero-order valence-corrected chi connectivity index (χ0v) is 29.5. The number of carbonyl (C=O) groups excluding carboxylic acids is 2. The number of carbonyl (C=O) groups is 2. The van der Waals surface area contributed by atoms with Crippen LogP contribution in [-0.4, -0.2) is 43.4 Å². The highest BCUT2D eigenvalue weighted by molar-refractivity contribution is 7.18. The van der Waals surface area contributed by atoms with E-state index in [0.717, 1.165) is 21.6 Å². The molecule has 1 aromatic heterocycles. The van der Waals surface area contributed by atoms with E-state index in [0.29, 0.717) is 19.3 Å². The molecule has 1 saturated carbocycles. The predicted molar refractivity (Wildman–Crippen MR) is 192 cm³/mol. The molecule has 0 amide bonds. The standard InChI is InChI=1S/C39H45NO5SSi/c1-39(2,3)47(28-17-9-7-10-18-28,29-19-11-8-12-20-29)45-35(38-40-32-22-15-16-23-36(32)46-38)26-25-31-30(33(41)27-34(31)42)21-13-5-6-14-24-37(43)44-4/h5,7-13,15-20,22-23,25-26,30-31,33,35,41H,6,14,21,24,27H2,1-4H3/t30-,31-,33+,35-/m1/s1. The number of fused-ring (bicyclic) bond motifs is 1. The molecule has 246 valence electrons. The smallest absolute Gasteiger partial charge is 0.305 e. The number of hydrogen-bond donors (Lipinski definition) is 1. The minimum Gasteiger partial charge on any atom is -0.469 e. The second kappa shape index (κ2) is 15.5. The molecule has 6 nitrogen and oxygen atoms in total. The van der Waals surface area contributed by atoms with Gasteiger partial charge in [-0.2, -0.15) is 0 Å². The minimum atomic E-state index is -2.98. The van der Waals surface area contributed by atoms with E-state index >= 15 is 0 Å². The Kier molecular flexibility index (Phi) is 11.4. The fourth-order valence-electron chi connectivity index (χ4n) is 6.65. The molecule has 5 rings (SSSR count). The van der Waals surface area contributed by atoms with Crippen molar-refractivity contribution in [3.8, 4) is 0 Å². The van der Waals surface area contributed by atoms with E-state index in [4.69, 9.17) is 14.1 Å². The van der Waals surface area contributed by atoms with Gasteiger partial charge in [0.1, 0.15) is 16.9 Å². The number of unbranched alkanes of at least 4 members (excludes halogenated alkanes) is 1. The molecular formula is C39H45NO5SSi. The van der Waals surface area contributed by atoms with Crippen LogP contribution in [0.15, 0.2) is 109 Å². The third kappa shape index (κ3) is 7.89. The van der Waals surface area contributed by atoms with Gasteiger partial charge in [-0.25, -0.2) is 4.98 Å². The van der Waals surface area contributed by atoms with Crippen LogP contribution in [0.5, 0.6) is 0 Å². The summed E-state index contributed by atoms with van der Waals surface area (Å²) in [5.41, 5.74) is 0.916. The van der Waals surface area contributed by atoms with Gasteiger partial charge in [0.05, 0.1) is 23.4 Å². The maximum absolute atomic E-state index is 13.3. The van der Waals surface area contributed by atoms with Crippen LogP contribution in [0.3, 0.4) is 0 Å². The van der Waals surface area contributed by atoms with Gasteiger partial charge in [-0.1, -0.05) is 118 Å². The number of ether oxygens (including phenoxy) is 1. The van der Waals surface area contributed by atoms with Crippen LogP contribution in [0.25, 0.3) is 10.2 Å². The summed E-state index contributed by atoms with van der Waals surface area (Å²) in [6.45, 7) is 6.76. The van der Waals surface area contributed by atoms with Crippen LogP contribution >= 0.6 is 11.3 Å². The third-order valence-electron chi connectivity index (χ3n) is 9.06. The number of nitrogens with zero attached hydrogens (tertiary/aromatic N) is 1. The number of aromatic nitrogens is 1. The highest BCUT2D eigenvalue weighted by atomic mass is 32.1. The number of Topliss-reactive ketones (excluding diaryl/α,β-unsaturated/α-hetero) is 1. The highest BCUT2D eigenvalue weighted by Gasteiger charge is 2.52. The van der Waals surface area contributed by atoms with Crippen molar-refractivity contribution in [3.05, 3.63) is 114 Å². The summed E-state index contributed by atoms with van der Waals surface area (Å²) in [7, 11) is -1.58. The summed E-state index contributed by atoms with van der Waals surface area (Å²) in [5.74, 6) is -0.862. The summed E-state index contributed by atoms with van der Waals surface area (Å²) < 4.78 is 13.4. The van der Waals surface area contributed by atoms with Crippen molar-refractivity contribution < 1.29 is 23.9 Å². The molecule has 1 fully saturated rings. The first-order valence-corrected chi connectivity index (χ1v) is 19.1. The number of hydrogen-bond acceptors (Lipinski definition) is 7. The molecular weight excluding hydrogens is 623 g/mol. The summed E-state index contributed by atoms with van der Waals surface area (Å²) in [4.78, 5) is 29.8. The molecule has 3 aromatic carbocycles. The quantitative estimate of drug-likeness (QED) is 0.0696. The van der Waals surface area contributed by atoms with Crippen LogP contribution in [0, 0.1) is 11.8 Å². The van der Waals surface area contributed by atoms with E-state index < -0.39 is 26.4 Å². The molecule has 47 heavy (non-hydrogen) atoms. The maximum Gasteiger partial charge on any atom is 0.305 e. The fourth-order valence-corrected chi connectivity index (χ4v) is 12.3. The van der Waals surface area contributed by atoms with Gasteiger partial charge in [0.15, 0.2) is 0 Å². The van der Waals surface area contributed by atoms with Crippen molar-refractivity contribution in [1.82, 2.24) is 4.98 Å². The number of para-hydroxylation sites is 1. The monoisotopic (exact) mass is 667 g/mol. The summed E-state index contributed by atoms with van der Waals surface area (Å²) in [6, 6.07) is 29.2. The topological polar surface area (TPSA) is 85.7 Å². The van der Waals surface area contributed by atoms with Crippen LogP contribution in [-0.2, 0) is 18.8 Å².